The molecule has 0 bridgehead atoms. The molecule has 196 valence electrons. The van der Waals surface area contributed by atoms with E-state index in [4.69, 9.17) is 4.98 Å². The smallest absolute Gasteiger partial charge is 0.326 e. The lowest BCUT2D eigenvalue weighted by atomic mass is 10.1. The fourth-order valence-corrected chi connectivity index (χ4v) is 4.50. The first-order valence-electron chi connectivity index (χ1n) is 12.9. The zero-order valence-corrected chi connectivity index (χ0v) is 21.2. The molecule has 0 spiro atoms. The standard InChI is InChI=1S/C27H35N7O3/c1-19(35)31-18-34(15-5-4-8-21-12-11-20-7-6-14-28-25(20)32-21)16-13-24(27(36)37)33-26-22-9-2-3-10-23(22)29-17-30-26/h2-3,9-12,17,24H,4-8,13-16,18H2,1H3,(H,28,32)(H,31,35)(H,36,37)(H,29,30,33). The van der Waals surface area contributed by atoms with Crippen LogP contribution in [0.5, 0.6) is 0 Å². The third-order valence-corrected chi connectivity index (χ3v) is 6.55. The first-order chi connectivity index (χ1) is 18.0. The Kier molecular flexibility index (Phi) is 9.20. The number of nitrogens with zero attached hydrogens (tertiary/aromatic N) is 4. The highest BCUT2D eigenvalue weighted by molar-refractivity contribution is 5.90. The minimum absolute atomic E-state index is 0.115. The summed E-state index contributed by atoms with van der Waals surface area (Å²) in [5.74, 6) is 0.448. The fraction of sp³-hybridized carbons (Fsp3) is 0.444. The highest BCUT2D eigenvalue weighted by Crippen LogP contribution is 2.21. The summed E-state index contributed by atoms with van der Waals surface area (Å²) < 4.78 is 0. The Morgan fingerprint density at radius 1 is 1.14 bits per heavy atom. The summed E-state index contributed by atoms with van der Waals surface area (Å²) >= 11 is 0. The van der Waals surface area contributed by atoms with Gasteiger partial charge in [0.25, 0.3) is 0 Å². The number of para-hydroxylation sites is 1. The Balaban J connectivity index is 1.31. The van der Waals surface area contributed by atoms with Gasteiger partial charge in [-0.1, -0.05) is 18.2 Å². The Morgan fingerprint density at radius 3 is 2.84 bits per heavy atom. The van der Waals surface area contributed by atoms with Crippen molar-refractivity contribution in [1.82, 2.24) is 25.2 Å². The summed E-state index contributed by atoms with van der Waals surface area (Å²) in [5, 5.41) is 19.9. The van der Waals surface area contributed by atoms with E-state index in [0.29, 0.717) is 25.5 Å². The lowest BCUT2D eigenvalue weighted by Gasteiger charge is -2.25. The van der Waals surface area contributed by atoms with Crippen LogP contribution in [0.25, 0.3) is 10.9 Å². The zero-order valence-electron chi connectivity index (χ0n) is 21.2. The normalized spacial score (nSPS) is 13.6. The molecule has 0 radical (unpaired) electrons. The highest BCUT2D eigenvalue weighted by Gasteiger charge is 2.20. The lowest BCUT2D eigenvalue weighted by Crippen LogP contribution is -2.41. The molecular weight excluding hydrogens is 470 g/mol. The number of aliphatic carboxylic acids is 1. The van der Waals surface area contributed by atoms with Crippen LogP contribution in [0.3, 0.4) is 0 Å². The number of hydrogen-bond donors (Lipinski definition) is 4. The average Bonchev–Trinajstić information content (AvgIpc) is 2.91. The minimum atomic E-state index is -0.950. The van der Waals surface area contributed by atoms with E-state index in [0.717, 1.165) is 67.6 Å². The number of benzene rings is 1. The SMILES string of the molecule is CC(=O)NCN(CCCCc1ccc2c(n1)NCCC2)CCC(Nc1ncnc2ccccc12)C(=O)O. The summed E-state index contributed by atoms with van der Waals surface area (Å²) in [6.45, 7) is 4.08. The van der Waals surface area contributed by atoms with Crippen LogP contribution in [-0.2, 0) is 22.4 Å². The Hall–Kier alpha value is -3.79. The number of anilines is 2. The zero-order chi connectivity index (χ0) is 26.0. The van der Waals surface area contributed by atoms with Gasteiger partial charge in [-0.2, -0.15) is 0 Å². The van der Waals surface area contributed by atoms with Crippen molar-refractivity contribution in [3.05, 3.63) is 54.0 Å². The third-order valence-electron chi connectivity index (χ3n) is 6.55. The van der Waals surface area contributed by atoms with Gasteiger partial charge >= 0.3 is 5.97 Å². The van der Waals surface area contributed by atoms with E-state index in [9.17, 15) is 14.7 Å². The second kappa shape index (κ2) is 13.0. The van der Waals surface area contributed by atoms with Gasteiger partial charge in [0, 0.05) is 31.1 Å². The molecule has 1 atom stereocenters. The van der Waals surface area contributed by atoms with Crippen molar-refractivity contribution in [2.45, 2.75) is 51.5 Å². The first kappa shape index (κ1) is 26.3. The predicted molar refractivity (Wildman–Crippen MR) is 143 cm³/mol. The van der Waals surface area contributed by atoms with E-state index in [1.54, 1.807) is 0 Å². The van der Waals surface area contributed by atoms with Gasteiger partial charge in [0.05, 0.1) is 12.2 Å². The molecule has 37 heavy (non-hydrogen) atoms. The molecule has 0 saturated carbocycles. The molecule has 3 heterocycles. The Bertz CT molecular complexity index is 1210. The number of hydrogen-bond acceptors (Lipinski definition) is 8. The topological polar surface area (TPSA) is 132 Å². The van der Waals surface area contributed by atoms with Crippen LogP contribution in [0.4, 0.5) is 11.6 Å². The molecule has 1 aliphatic heterocycles. The maximum atomic E-state index is 12.0. The highest BCUT2D eigenvalue weighted by atomic mass is 16.4. The molecule has 0 saturated heterocycles. The number of unbranched alkanes of at least 4 members (excludes halogenated alkanes) is 1. The van der Waals surface area contributed by atoms with Gasteiger partial charge in [-0.25, -0.2) is 19.7 Å². The van der Waals surface area contributed by atoms with Crippen LogP contribution in [0, 0.1) is 0 Å². The molecule has 1 unspecified atom stereocenters. The number of nitrogens with one attached hydrogen (secondary N) is 3. The molecule has 4 N–H and O–H groups in total. The summed E-state index contributed by atoms with van der Waals surface area (Å²) in [6, 6.07) is 10.9. The van der Waals surface area contributed by atoms with Gasteiger partial charge in [-0.15, -0.1) is 0 Å². The van der Waals surface area contributed by atoms with Gasteiger partial charge in [-0.05, 0) is 68.8 Å². The summed E-state index contributed by atoms with van der Waals surface area (Å²) in [7, 11) is 0. The molecule has 10 nitrogen and oxygen atoms in total. The molecule has 4 rings (SSSR count). The van der Waals surface area contributed by atoms with Crippen molar-refractivity contribution in [2.75, 3.05) is 36.9 Å². The Labute approximate surface area is 216 Å². The van der Waals surface area contributed by atoms with E-state index in [1.165, 1.54) is 18.8 Å². The number of aromatic nitrogens is 3. The van der Waals surface area contributed by atoms with Crippen molar-refractivity contribution in [1.29, 1.82) is 0 Å². The monoisotopic (exact) mass is 505 g/mol. The van der Waals surface area contributed by atoms with Gasteiger partial charge < -0.3 is 21.1 Å². The molecule has 1 amide bonds. The van der Waals surface area contributed by atoms with Gasteiger partial charge in [-0.3, -0.25) is 9.69 Å². The number of aryl methyl sites for hydroxylation is 2. The van der Waals surface area contributed by atoms with E-state index >= 15 is 0 Å². The van der Waals surface area contributed by atoms with E-state index in [2.05, 4.69) is 43.0 Å². The molecule has 1 aromatic carbocycles. The van der Waals surface area contributed by atoms with Crippen LogP contribution in [0.1, 0.15) is 43.9 Å². The summed E-state index contributed by atoms with van der Waals surface area (Å²) in [6.07, 6.45) is 6.75. The number of rotatable bonds is 13. The number of amides is 1. The number of carboxylic acids is 1. The number of pyridine rings is 1. The minimum Gasteiger partial charge on any atom is -0.480 e. The van der Waals surface area contributed by atoms with Crippen molar-refractivity contribution < 1.29 is 14.7 Å². The van der Waals surface area contributed by atoms with Crippen LogP contribution in [0.15, 0.2) is 42.7 Å². The van der Waals surface area contributed by atoms with Gasteiger partial charge in [0.15, 0.2) is 0 Å². The quantitative estimate of drug-likeness (QED) is 0.204. The Morgan fingerprint density at radius 2 is 2.00 bits per heavy atom. The van der Waals surface area contributed by atoms with E-state index in [1.807, 2.05) is 24.3 Å². The molecular formula is C27H35N7O3. The molecule has 2 aromatic heterocycles. The fourth-order valence-electron chi connectivity index (χ4n) is 4.50. The maximum absolute atomic E-state index is 12.0. The van der Waals surface area contributed by atoms with Crippen molar-refractivity contribution in [2.24, 2.45) is 0 Å². The molecule has 3 aromatic rings. The number of carboxylic acid groups (broad SMARTS) is 1. The van der Waals surface area contributed by atoms with E-state index in [-0.39, 0.29) is 5.91 Å². The molecule has 1 aliphatic rings. The van der Waals surface area contributed by atoms with Crippen molar-refractivity contribution in [3.63, 3.8) is 0 Å². The van der Waals surface area contributed by atoms with Crippen LogP contribution in [0.2, 0.25) is 0 Å². The van der Waals surface area contributed by atoms with Crippen molar-refractivity contribution >= 4 is 34.4 Å². The van der Waals surface area contributed by atoms with Crippen LogP contribution < -0.4 is 16.0 Å². The van der Waals surface area contributed by atoms with Crippen LogP contribution >= 0.6 is 0 Å². The maximum Gasteiger partial charge on any atom is 0.326 e. The van der Waals surface area contributed by atoms with Crippen molar-refractivity contribution in [3.8, 4) is 0 Å². The lowest BCUT2D eigenvalue weighted by molar-refractivity contribution is -0.138. The molecule has 10 heteroatoms. The summed E-state index contributed by atoms with van der Waals surface area (Å²) in [4.78, 5) is 38.9. The van der Waals surface area contributed by atoms with Gasteiger partial charge in [0.1, 0.15) is 24.0 Å². The number of carbonyl (C=O) groups excluding carboxylic acids is 1. The summed E-state index contributed by atoms with van der Waals surface area (Å²) in [5.41, 5.74) is 3.11. The largest absolute Gasteiger partial charge is 0.480 e. The third kappa shape index (κ3) is 7.60. The second-order valence-electron chi connectivity index (χ2n) is 9.37. The second-order valence-corrected chi connectivity index (χ2v) is 9.37. The predicted octanol–water partition coefficient (Wildman–Crippen LogP) is 3.06. The average molecular weight is 506 g/mol. The number of fused-ring (bicyclic) bond motifs is 2. The molecule has 0 aliphatic carbocycles. The van der Waals surface area contributed by atoms with Gasteiger partial charge in [0.2, 0.25) is 5.91 Å². The van der Waals surface area contributed by atoms with E-state index < -0.39 is 12.0 Å². The first-order valence-corrected chi connectivity index (χ1v) is 12.9. The van der Waals surface area contributed by atoms with Crippen LogP contribution in [-0.4, -0.2) is 69.2 Å². The molecule has 0 fully saturated rings. The number of carbonyl (C=O) groups is 2.